The van der Waals surface area contributed by atoms with Crippen LogP contribution in [0.25, 0.3) is 44.1 Å². The van der Waals surface area contributed by atoms with E-state index in [4.69, 9.17) is 16.3 Å². The average Bonchev–Trinajstić information content (AvgIpc) is 3.89. The van der Waals surface area contributed by atoms with Crippen molar-refractivity contribution in [3.8, 4) is 28.0 Å². The number of aromatic carboxylic acids is 2. The van der Waals surface area contributed by atoms with Crippen LogP contribution in [-0.4, -0.2) is 50.2 Å². The van der Waals surface area contributed by atoms with Gasteiger partial charge in [0.2, 0.25) is 0 Å². The van der Waals surface area contributed by atoms with Crippen molar-refractivity contribution < 1.29 is 34.1 Å². The van der Waals surface area contributed by atoms with Crippen LogP contribution in [0.15, 0.2) is 176 Å². The van der Waals surface area contributed by atoms with E-state index in [9.17, 15) is 29.4 Å². The van der Waals surface area contributed by atoms with E-state index in [-0.39, 0.29) is 29.5 Å². The van der Waals surface area contributed by atoms with Crippen LogP contribution >= 0.6 is 11.6 Å². The van der Waals surface area contributed by atoms with Crippen LogP contribution in [0.5, 0.6) is 5.75 Å². The van der Waals surface area contributed by atoms with E-state index in [0.717, 1.165) is 84.1 Å². The molecule has 2 heterocycles. The molecule has 0 aliphatic carbocycles. The Kier molecular flexibility index (Phi) is 17.8. The molecule has 0 spiro atoms. The summed E-state index contributed by atoms with van der Waals surface area (Å²) in [6.07, 6.45) is 0.810. The normalized spacial score (nSPS) is 11.9. The van der Waals surface area contributed by atoms with E-state index in [2.05, 4.69) is 105 Å². The molecule has 0 saturated carbocycles. The molecule has 0 bridgehead atoms. The number of ether oxygens (including phenoxy) is 1. The Bertz CT molecular complexity index is 4060. The fourth-order valence-electron chi connectivity index (χ4n) is 10.9. The molecule has 0 unspecified atom stereocenters. The van der Waals surface area contributed by atoms with Crippen LogP contribution in [0.2, 0.25) is 5.02 Å². The first-order chi connectivity index (χ1) is 39.8. The Labute approximate surface area is 490 Å². The number of hydrogen-bond donors (Lipinski definition) is 4. The van der Waals surface area contributed by atoms with Crippen molar-refractivity contribution >= 4 is 57.2 Å². The first kappa shape index (κ1) is 58.5. The molecule has 11 nitrogen and oxygen atoms in total. The van der Waals surface area contributed by atoms with Crippen LogP contribution in [-0.2, 0) is 13.1 Å². The molecular formula is C71H69ClN4O7. The Morgan fingerprint density at radius 1 is 0.530 bits per heavy atom. The molecule has 0 aliphatic heterocycles. The number of carboxylic acids is 2. The second-order valence-electron chi connectivity index (χ2n) is 21.5. The Hall–Kier alpha value is -9.19. The monoisotopic (exact) mass is 1120 g/mol. The summed E-state index contributed by atoms with van der Waals surface area (Å²) in [6, 6.07) is 55.6. The van der Waals surface area contributed by atoms with Crippen LogP contribution in [0, 0.1) is 27.7 Å². The maximum Gasteiger partial charge on any atom is 0.336 e. The third-order valence-corrected chi connectivity index (χ3v) is 16.3. The molecule has 0 saturated heterocycles. The van der Waals surface area contributed by atoms with Crippen molar-refractivity contribution in [3.63, 3.8) is 0 Å². The fraction of sp³-hybridized carbons (Fsp3) is 0.211. The van der Waals surface area contributed by atoms with Crippen LogP contribution in [0.4, 0.5) is 0 Å². The number of methoxy groups -OCH3 is 1. The lowest BCUT2D eigenvalue weighted by Crippen LogP contribution is -2.28. The lowest BCUT2D eigenvalue weighted by Gasteiger charge is -2.19. The summed E-state index contributed by atoms with van der Waals surface area (Å²) in [7, 11) is 1.57. The number of nitrogens with zero attached hydrogens (tertiary/aromatic N) is 2. The van der Waals surface area contributed by atoms with Gasteiger partial charge in [-0.3, -0.25) is 9.59 Å². The average molecular weight is 1130 g/mol. The second kappa shape index (κ2) is 25.3. The van der Waals surface area contributed by atoms with E-state index < -0.39 is 11.9 Å². The number of carbonyl (C=O) groups is 4. The van der Waals surface area contributed by atoms with Crippen molar-refractivity contribution in [1.29, 1.82) is 0 Å². The first-order valence-corrected chi connectivity index (χ1v) is 28.3. The zero-order valence-electron chi connectivity index (χ0n) is 48.3. The number of aryl methyl sites for hydroxylation is 2. The summed E-state index contributed by atoms with van der Waals surface area (Å²) in [4.78, 5) is 49.9. The van der Waals surface area contributed by atoms with Gasteiger partial charge in [0, 0.05) is 57.4 Å². The van der Waals surface area contributed by atoms with Crippen molar-refractivity contribution in [2.45, 2.75) is 92.9 Å². The molecule has 10 rings (SSSR count). The number of amides is 2. The zero-order valence-corrected chi connectivity index (χ0v) is 49.1. The second-order valence-corrected chi connectivity index (χ2v) is 21.9. The van der Waals surface area contributed by atoms with Crippen LogP contribution in [0.1, 0.15) is 144 Å². The summed E-state index contributed by atoms with van der Waals surface area (Å²) < 4.78 is 9.75. The van der Waals surface area contributed by atoms with Gasteiger partial charge < -0.3 is 34.7 Å². The summed E-state index contributed by atoms with van der Waals surface area (Å²) >= 11 is 6.28. The molecule has 0 fully saturated rings. The zero-order chi connectivity index (χ0) is 59.2. The van der Waals surface area contributed by atoms with Gasteiger partial charge in [0.1, 0.15) is 5.75 Å². The van der Waals surface area contributed by atoms with E-state index in [0.29, 0.717) is 57.6 Å². The van der Waals surface area contributed by atoms with Gasteiger partial charge in [0.05, 0.1) is 35.3 Å². The highest BCUT2D eigenvalue weighted by Gasteiger charge is 2.21. The molecule has 0 radical (unpaired) electrons. The Balaban J connectivity index is 0.000000200. The highest BCUT2D eigenvalue weighted by atomic mass is 35.5. The third kappa shape index (κ3) is 12.7. The number of benzene rings is 8. The number of fused-ring (bicyclic) bond motifs is 2. The maximum atomic E-state index is 13.4. The number of aromatic nitrogens is 2. The topological polar surface area (TPSA) is 152 Å². The van der Waals surface area contributed by atoms with Crippen molar-refractivity contribution in [3.05, 3.63) is 254 Å². The molecule has 2 amide bonds. The minimum absolute atomic E-state index is 0.0511. The highest BCUT2D eigenvalue weighted by molar-refractivity contribution is 6.32. The third-order valence-electron chi connectivity index (χ3n) is 16.0. The first-order valence-electron chi connectivity index (χ1n) is 27.9. The van der Waals surface area contributed by atoms with Gasteiger partial charge in [-0.05, 0) is 169 Å². The predicted octanol–water partition coefficient (Wildman–Crippen LogP) is 16.5. The lowest BCUT2D eigenvalue weighted by atomic mass is 9.96. The number of carbonyl (C=O) groups excluding carboxylic acids is 2. The number of nitrogens with one attached hydrogen (secondary N) is 2. The Morgan fingerprint density at radius 3 is 1.45 bits per heavy atom. The van der Waals surface area contributed by atoms with Gasteiger partial charge in [0.25, 0.3) is 11.8 Å². The summed E-state index contributed by atoms with van der Waals surface area (Å²) in [5.41, 5.74) is 17.1. The standard InChI is InChI=1S/C37H38N2O3.C34H31ClN2O4/c1-6-34(29-11-9-10-28(20-29)23(2)3)38-36(40)30-18-19-35-33(21-30)24(4)25(5)39(35)22-26-14-16-27(17-15-26)31-12-7-8-13-32(31)37(41)42;1-20-22(3)37(19-23-9-11-24(12-10-23)27-7-5-6-8-28(27)34(39)40)31-15-13-26(17-29(20)31)33(38)36-21(2)25-14-16-32(41-4)30(35)18-25/h7-21,23,34H,6,22H2,1-5H3,(H,38,40)(H,41,42);5-18,21H,19H2,1-4H3,(H,36,38)(H,39,40)/t34-;21-/m00/s1. The van der Waals surface area contributed by atoms with Crippen LogP contribution in [0.3, 0.4) is 0 Å². The SMILES string of the molecule is CC[C@H](NC(=O)c1ccc2c(c1)c(C)c(C)n2Cc1ccc(-c2ccccc2C(=O)O)cc1)c1cccc(C(C)C)c1.COc1ccc([C@H](C)NC(=O)c2ccc3c(c2)c(C)c(C)n3Cc2ccc(-c3ccccc3C(=O)O)cc2)cc1Cl. The summed E-state index contributed by atoms with van der Waals surface area (Å²) in [5.74, 6) is -1.08. The van der Waals surface area contributed by atoms with E-state index in [1.807, 2.05) is 110 Å². The summed E-state index contributed by atoms with van der Waals surface area (Å²) in [6.45, 7) is 18.1. The number of halogens is 1. The molecule has 422 valence electrons. The molecule has 2 aromatic heterocycles. The highest BCUT2D eigenvalue weighted by Crippen LogP contribution is 2.33. The summed E-state index contributed by atoms with van der Waals surface area (Å²) in [5, 5.41) is 28.0. The van der Waals surface area contributed by atoms with Crippen molar-refractivity contribution in [2.24, 2.45) is 0 Å². The molecule has 8 aromatic carbocycles. The van der Waals surface area contributed by atoms with Gasteiger partial charge >= 0.3 is 11.9 Å². The number of carboxylic acid groups (broad SMARTS) is 2. The predicted molar refractivity (Wildman–Crippen MR) is 334 cm³/mol. The van der Waals surface area contributed by atoms with Crippen molar-refractivity contribution in [1.82, 2.24) is 19.8 Å². The number of rotatable bonds is 17. The minimum atomic E-state index is -0.942. The van der Waals surface area contributed by atoms with Crippen LogP contribution < -0.4 is 15.4 Å². The molecule has 12 heteroatoms. The molecule has 83 heavy (non-hydrogen) atoms. The van der Waals surface area contributed by atoms with E-state index in [1.165, 1.54) is 5.56 Å². The van der Waals surface area contributed by atoms with Gasteiger partial charge in [-0.15, -0.1) is 0 Å². The molecular weight excluding hydrogens is 1060 g/mol. The van der Waals surface area contributed by atoms with Gasteiger partial charge in [-0.2, -0.15) is 0 Å². The molecule has 10 aromatic rings. The Morgan fingerprint density at radius 2 is 1.00 bits per heavy atom. The van der Waals surface area contributed by atoms with E-state index in [1.54, 1.807) is 43.5 Å². The smallest absolute Gasteiger partial charge is 0.336 e. The van der Waals surface area contributed by atoms with Gasteiger partial charge in [-0.1, -0.05) is 148 Å². The number of hydrogen-bond acceptors (Lipinski definition) is 5. The molecule has 2 atom stereocenters. The maximum absolute atomic E-state index is 13.4. The largest absolute Gasteiger partial charge is 0.495 e. The fourth-order valence-corrected chi connectivity index (χ4v) is 11.2. The molecule has 4 N–H and O–H groups in total. The lowest BCUT2D eigenvalue weighted by molar-refractivity contribution is 0.0687. The van der Waals surface area contributed by atoms with Gasteiger partial charge in [0.15, 0.2) is 0 Å². The minimum Gasteiger partial charge on any atom is -0.495 e. The van der Waals surface area contributed by atoms with Crippen molar-refractivity contribution in [2.75, 3.05) is 7.11 Å². The quantitative estimate of drug-likeness (QED) is 0.0708. The van der Waals surface area contributed by atoms with E-state index >= 15 is 0 Å². The molecule has 0 aliphatic rings. The van der Waals surface area contributed by atoms with Gasteiger partial charge in [-0.25, -0.2) is 9.59 Å².